The Morgan fingerprint density at radius 3 is 2.24 bits per heavy atom. The molecule has 0 spiro atoms. The molecule has 1 aliphatic heterocycles. The monoisotopic (exact) mass is 342 g/mol. The normalized spacial score (nSPS) is 17.3. The molecule has 1 fully saturated rings. The molecule has 0 saturated carbocycles. The van der Waals surface area contributed by atoms with Gasteiger partial charge >= 0.3 is 6.18 Å². The van der Waals surface area contributed by atoms with E-state index in [1.165, 1.54) is 12.1 Å². The van der Waals surface area contributed by atoms with Gasteiger partial charge in [0, 0.05) is 26.2 Å². The summed E-state index contributed by atoms with van der Waals surface area (Å²) >= 11 is 0. The Bertz CT molecular complexity index is 446. The van der Waals surface area contributed by atoms with Crippen molar-refractivity contribution in [3.63, 3.8) is 0 Å². The van der Waals surface area contributed by atoms with Gasteiger partial charge in [-0.2, -0.15) is 13.2 Å². The van der Waals surface area contributed by atoms with Crippen LogP contribution in [-0.4, -0.2) is 31.1 Å². The standard InChI is InChI=1S/C14H17F3N2.2ClH/c1-2-13(19-9-7-18-8-10-19)11-5-3-4-6-12(11)14(15,16)17;;/h2-6,13,18H,1,7-10H2;2*1H/t13-;;/m1../s1. The average Bonchev–Trinajstić information content (AvgIpc) is 2.40. The molecule has 120 valence electrons. The highest BCUT2D eigenvalue weighted by Crippen LogP contribution is 2.36. The molecule has 21 heavy (non-hydrogen) atoms. The number of piperazine rings is 1. The maximum atomic E-state index is 13.0. The summed E-state index contributed by atoms with van der Waals surface area (Å²) in [6, 6.07) is 5.35. The van der Waals surface area contributed by atoms with Crippen molar-refractivity contribution < 1.29 is 13.2 Å². The van der Waals surface area contributed by atoms with E-state index in [0.717, 1.165) is 32.2 Å². The van der Waals surface area contributed by atoms with E-state index in [1.807, 2.05) is 4.90 Å². The van der Waals surface area contributed by atoms with Crippen molar-refractivity contribution in [2.75, 3.05) is 26.2 Å². The third-order valence-corrected chi connectivity index (χ3v) is 3.35. The zero-order chi connectivity index (χ0) is 13.9. The molecule has 1 heterocycles. The van der Waals surface area contributed by atoms with Gasteiger partial charge in [-0.3, -0.25) is 4.90 Å². The molecule has 0 bridgehead atoms. The fourth-order valence-electron chi connectivity index (χ4n) is 2.45. The Morgan fingerprint density at radius 1 is 1.14 bits per heavy atom. The zero-order valence-corrected chi connectivity index (χ0v) is 13.0. The van der Waals surface area contributed by atoms with Crippen molar-refractivity contribution in [3.05, 3.63) is 48.0 Å². The number of alkyl halides is 3. The van der Waals surface area contributed by atoms with Crippen LogP contribution < -0.4 is 5.32 Å². The van der Waals surface area contributed by atoms with Crippen LogP contribution in [0.5, 0.6) is 0 Å². The minimum absolute atomic E-state index is 0. The molecule has 1 saturated heterocycles. The second kappa shape index (κ2) is 8.63. The molecule has 1 atom stereocenters. The lowest BCUT2D eigenvalue weighted by atomic mass is 9.98. The van der Waals surface area contributed by atoms with Crippen LogP contribution in [0.25, 0.3) is 0 Å². The molecule has 7 heteroatoms. The van der Waals surface area contributed by atoms with E-state index in [4.69, 9.17) is 0 Å². The first-order valence-electron chi connectivity index (χ1n) is 6.27. The molecular weight excluding hydrogens is 324 g/mol. The molecule has 2 rings (SSSR count). The van der Waals surface area contributed by atoms with Gasteiger partial charge in [0.1, 0.15) is 0 Å². The Balaban J connectivity index is 0.00000200. The molecular formula is C14H19Cl2F3N2. The highest BCUT2D eigenvalue weighted by atomic mass is 35.5. The number of hydrogen-bond donors (Lipinski definition) is 1. The van der Waals surface area contributed by atoms with E-state index in [-0.39, 0.29) is 36.4 Å². The molecule has 1 aromatic rings. The van der Waals surface area contributed by atoms with Crippen LogP contribution >= 0.6 is 24.8 Å². The number of nitrogens with zero attached hydrogens (tertiary/aromatic N) is 1. The Labute approximate surface area is 135 Å². The van der Waals surface area contributed by atoms with Crippen molar-refractivity contribution in [2.45, 2.75) is 12.2 Å². The summed E-state index contributed by atoms with van der Waals surface area (Å²) in [6.45, 7) is 6.74. The second-order valence-electron chi connectivity index (χ2n) is 4.55. The molecule has 0 amide bonds. The molecule has 2 nitrogen and oxygen atoms in total. The number of rotatable bonds is 3. The van der Waals surface area contributed by atoms with E-state index in [2.05, 4.69) is 11.9 Å². The maximum Gasteiger partial charge on any atom is 0.416 e. The summed E-state index contributed by atoms with van der Waals surface area (Å²) < 4.78 is 39.1. The lowest BCUT2D eigenvalue weighted by molar-refractivity contribution is -0.138. The van der Waals surface area contributed by atoms with E-state index >= 15 is 0 Å². The van der Waals surface area contributed by atoms with E-state index in [0.29, 0.717) is 0 Å². The molecule has 0 aromatic heterocycles. The van der Waals surface area contributed by atoms with Gasteiger partial charge in [-0.15, -0.1) is 31.4 Å². The minimum atomic E-state index is -4.33. The number of benzene rings is 1. The first kappa shape index (κ1) is 20.2. The summed E-state index contributed by atoms with van der Waals surface area (Å²) in [6.07, 6.45) is -2.73. The quantitative estimate of drug-likeness (QED) is 0.843. The van der Waals surface area contributed by atoms with Crippen LogP contribution in [0.15, 0.2) is 36.9 Å². The predicted octanol–water partition coefficient (Wildman–Crippen LogP) is 3.68. The van der Waals surface area contributed by atoms with Crippen LogP contribution in [0.2, 0.25) is 0 Å². The minimum Gasteiger partial charge on any atom is -0.314 e. The average molecular weight is 343 g/mol. The van der Waals surface area contributed by atoms with E-state index in [1.54, 1.807) is 12.1 Å². The highest BCUT2D eigenvalue weighted by Gasteiger charge is 2.35. The first-order chi connectivity index (χ1) is 9.04. The fourth-order valence-corrected chi connectivity index (χ4v) is 2.45. The van der Waals surface area contributed by atoms with Crippen molar-refractivity contribution in [3.8, 4) is 0 Å². The molecule has 1 aromatic carbocycles. The van der Waals surface area contributed by atoms with E-state index in [9.17, 15) is 13.2 Å². The second-order valence-corrected chi connectivity index (χ2v) is 4.55. The van der Waals surface area contributed by atoms with Crippen LogP contribution in [0, 0.1) is 0 Å². The largest absolute Gasteiger partial charge is 0.416 e. The van der Waals surface area contributed by atoms with Crippen LogP contribution in [0.3, 0.4) is 0 Å². The van der Waals surface area contributed by atoms with Gasteiger partial charge in [0.2, 0.25) is 0 Å². The Hall–Kier alpha value is -0.750. The zero-order valence-electron chi connectivity index (χ0n) is 11.4. The van der Waals surface area contributed by atoms with Gasteiger partial charge in [-0.25, -0.2) is 0 Å². The first-order valence-corrected chi connectivity index (χ1v) is 6.27. The van der Waals surface area contributed by atoms with Gasteiger partial charge in [0.15, 0.2) is 0 Å². The van der Waals surface area contributed by atoms with Gasteiger partial charge in [0.05, 0.1) is 11.6 Å². The Kier molecular flexibility index (Phi) is 8.33. The van der Waals surface area contributed by atoms with Gasteiger partial charge < -0.3 is 5.32 Å². The van der Waals surface area contributed by atoms with Crippen molar-refractivity contribution in [1.82, 2.24) is 10.2 Å². The number of hydrogen-bond acceptors (Lipinski definition) is 2. The van der Waals surface area contributed by atoms with Crippen molar-refractivity contribution >= 4 is 24.8 Å². The molecule has 0 unspecified atom stereocenters. The topological polar surface area (TPSA) is 15.3 Å². The maximum absolute atomic E-state index is 13.0. The number of nitrogens with one attached hydrogen (secondary N) is 1. The van der Waals surface area contributed by atoms with Crippen molar-refractivity contribution in [1.29, 1.82) is 0 Å². The lowest BCUT2D eigenvalue weighted by Crippen LogP contribution is -2.45. The molecule has 0 radical (unpaired) electrons. The lowest BCUT2D eigenvalue weighted by Gasteiger charge is -2.34. The summed E-state index contributed by atoms with van der Waals surface area (Å²) in [5, 5.41) is 3.19. The summed E-state index contributed by atoms with van der Waals surface area (Å²) in [7, 11) is 0. The molecule has 1 N–H and O–H groups in total. The third kappa shape index (κ3) is 4.88. The fraction of sp³-hybridized carbons (Fsp3) is 0.429. The van der Waals surface area contributed by atoms with E-state index < -0.39 is 11.7 Å². The number of halogens is 5. The highest BCUT2D eigenvalue weighted by molar-refractivity contribution is 5.85. The van der Waals surface area contributed by atoms with Gasteiger partial charge in [-0.05, 0) is 11.6 Å². The summed E-state index contributed by atoms with van der Waals surface area (Å²) in [4.78, 5) is 2.02. The van der Waals surface area contributed by atoms with Gasteiger partial charge in [-0.1, -0.05) is 24.3 Å². The molecule has 0 aliphatic carbocycles. The molecule has 1 aliphatic rings. The third-order valence-electron chi connectivity index (χ3n) is 3.35. The Morgan fingerprint density at radius 2 is 1.71 bits per heavy atom. The van der Waals surface area contributed by atoms with Crippen LogP contribution in [0.4, 0.5) is 13.2 Å². The van der Waals surface area contributed by atoms with Crippen LogP contribution in [-0.2, 0) is 6.18 Å². The predicted molar refractivity (Wildman–Crippen MR) is 83.3 cm³/mol. The summed E-state index contributed by atoms with van der Waals surface area (Å²) in [5.74, 6) is 0. The van der Waals surface area contributed by atoms with Crippen LogP contribution in [0.1, 0.15) is 17.2 Å². The smallest absolute Gasteiger partial charge is 0.314 e. The SMILES string of the molecule is C=C[C@H](c1ccccc1C(F)(F)F)N1CCNCC1.Cl.Cl. The summed E-state index contributed by atoms with van der Waals surface area (Å²) in [5.41, 5.74) is -0.287. The van der Waals surface area contributed by atoms with Crippen molar-refractivity contribution in [2.24, 2.45) is 0 Å². The van der Waals surface area contributed by atoms with Gasteiger partial charge in [0.25, 0.3) is 0 Å².